The molecule has 0 fully saturated rings. The van der Waals surface area contributed by atoms with Crippen molar-refractivity contribution >= 4 is 41.8 Å². The molecule has 0 aromatic carbocycles. The van der Waals surface area contributed by atoms with Gasteiger partial charge in [0, 0.05) is 25.9 Å². The zero-order chi connectivity index (χ0) is 51.5. The molecule has 0 spiro atoms. The van der Waals surface area contributed by atoms with E-state index in [1.165, 1.54) is 32.1 Å². The molecule has 18 nitrogen and oxygen atoms in total. The van der Waals surface area contributed by atoms with E-state index in [-0.39, 0.29) is 25.4 Å². The van der Waals surface area contributed by atoms with Crippen LogP contribution in [0.5, 0.6) is 0 Å². The summed E-state index contributed by atoms with van der Waals surface area (Å²) >= 11 is 0. The Labute approximate surface area is 374 Å². The van der Waals surface area contributed by atoms with Crippen LogP contribution >= 0.6 is 0 Å². The van der Waals surface area contributed by atoms with E-state index in [2.05, 4.69) is 20.8 Å². The third-order valence-corrected chi connectivity index (χ3v) is 6.26. The van der Waals surface area contributed by atoms with Gasteiger partial charge >= 0.3 is 41.8 Å². The van der Waals surface area contributed by atoms with Crippen molar-refractivity contribution in [2.75, 3.05) is 13.2 Å². The van der Waals surface area contributed by atoms with Gasteiger partial charge < -0.3 is 57.4 Å². The number of carboxylic acids is 7. The molecule has 0 radical (unpaired) electrons. The molecular formula is C44H96N2O16. The van der Waals surface area contributed by atoms with Gasteiger partial charge in [0.1, 0.15) is 0 Å². The predicted octanol–water partition coefficient (Wildman–Crippen LogP) is 8.61. The molecule has 0 rings (SSSR count). The van der Waals surface area contributed by atoms with Crippen LogP contribution in [0.15, 0.2) is 0 Å². The van der Waals surface area contributed by atoms with Gasteiger partial charge in [0.15, 0.2) is 0 Å². The Kier molecular flexibility index (Phi) is 98.5. The van der Waals surface area contributed by atoms with Crippen LogP contribution in [0.2, 0.25) is 0 Å². The minimum atomic E-state index is -1.06. The standard InChI is InChI=1S/C7H12O4.C6H10O4.C5H10O2.C5H12.C4H11N.C4H8O2.C4H10O.C3H9N.C3H6O2.C3H8O/c1-2-3-5(7(10)11)4-6(8)9;1-2-4(6(9)10)3-5(7)8;1-2-3-4-5(6)7;1-3-5-4-2;1-2-3-4-5;1-2-3-4(5)6;1-3-4(2)5;1-3(2)4;1-2-3(4)5;1-2-3-4/h5H,2-4H2,1H3,(H,8,9)(H,10,11);4H,2-3H2,1H3,(H,7,8)(H,9,10);2-4H2,1H3,(H,6,7);3-5H2,1-2H3;2-5H2,1H3;2-3H2,1H3,(H,5,6);4-5H,3H2,1-2H3;3H,4H2,1-2H3;2H2,1H3,(H,4,5);4H,2-3H2,1H3. The summed E-state index contributed by atoms with van der Waals surface area (Å²) < 4.78 is 0. The maximum absolute atomic E-state index is 10.4. The van der Waals surface area contributed by atoms with Gasteiger partial charge in [-0.25, -0.2) is 0 Å². The predicted molar refractivity (Wildman–Crippen MR) is 247 cm³/mol. The second kappa shape index (κ2) is 74.6. The number of aliphatic hydroxyl groups is 2. The van der Waals surface area contributed by atoms with Crippen LogP contribution in [0.1, 0.15) is 206 Å². The molecule has 0 aromatic rings. The lowest BCUT2D eigenvalue weighted by molar-refractivity contribution is -0.148. The van der Waals surface area contributed by atoms with E-state index in [4.69, 9.17) is 57.4 Å². The van der Waals surface area contributed by atoms with Crippen LogP contribution in [-0.4, -0.2) is 113 Å². The quantitative estimate of drug-likeness (QED) is 0.0513. The molecule has 0 saturated heterocycles. The first-order valence-corrected chi connectivity index (χ1v) is 22.0. The number of carboxylic acid groups (broad SMARTS) is 7. The third kappa shape index (κ3) is 155. The molecule has 0 saturated carbocycles. The topological polar surface area (TPSA) is 354 Å². The largest absolute Gasteiger partial charge is 0.481 e. The van der Waals surface area contributed by atoms with Gasteiger partial charge in [0.05, 0.1) is 30.8 Å². The van der Waals surface area contributed by atoms with Gasteiger partial charge in [-0.15, -0.1) is 0 Å². The molecule has 0 aliphatic rings. The Morgan fingerprint density at radius 3 is 0.871 bits per heavy atom. The molecule has 378 valence electrons. The van der Waals surface area contributed by atoms with Crippen LogP contribution in [0.25, 0.3) is 0 Å². The molecule has 62 heavy (non-hydrogen) atoms. The lowest BCUT2D eigenvalue weighted by Crippen LogP contribution is -2.17. The monoisotopic (exact) mass is 909 g/mol. The number of hydrogen-bond acceptors (Lipinski definition) is 11. The number of rotatable bonds is 21. The average Bonchev–Trinajstić information content (AvgIpc) is 3.17. The summed E-state index contributed by atoms with van der Waals surface area (Å²) in [5.41, 5.74) is 10.3. The second-order valence-electron chi connectivity index (χ2n) is 13.6. The van der Waals surface area contributed by atoms with Crippen molar-refractivity contribution in [1.29, 1.82) is 0 Å². The van der Waals surface area contributed by atoms with E-state index >= 15 is 0 Å². The summed E-state index contributed by atoms with van der Waals surface area (Å²) in [4.78, 5) is 69.4. The number of unbranched alkanes of at least 4 members (excludes halogenated alkanes) is 4. The molecule has 18 heteroatoms. The van der Waals surface area contributed by atoms with Crippen molar-refractivity contribution in [3.63, 3.8) is 0 Å². The zero-order valence-electron chi connectivity index (χ0n) is 41.0. The number of aliphatic hydroxyl groups excluding tert-OH is 2. The van der Waals surface area contributed by atoms with E-state index < -0.39 is 53.6 Å². The number of nitrogens with two attached hydrogens (primary N) is 2. The Morgan fingerprint density at radius 2 is 0.790 bits per heavy atom. The molecule has 3 atom stereocenters. The van der Waals surface area contributed by atoms with Gasteiger partial charge in [0.2, 0.25) is 0 Å². The van der Waals surface area contributed by atoms with Gasteiger partial charge in [-0.3, -0.25) is 33.6 Å². The van der Waals surface area contributed by atoms with E-state index in [0.717, 1.165) is 38.6 Å². The Morgan fingerprint density at radius 1 is 0.468 bits per heavy atom. The van der Waals surface area contributed by atoms with Crippen molar-refractivity contribution in [3.05, 3.63) is 0 Å². The maximum atomic E-state index is 10.4. The smallest absolute Gasteiger partial charge is 0.307 e. The fraction of sp³-hybridized carbons (Fsp3) is 0.841. The minimum Gasteiger partial charge on any atom is -0.481 e. The fourth-order valence-electron chi connectivity index (χ4n) is 2.59. The summed E-state index contributed by atoms with van der Waals surface area (Å²) in [6, 6.07) is 0.333. The van der Waals surface area contributed by atoms with Crippen molar-refractivity contribution in [2.45, 2.75) is 218 Å². The fourth-order valence-corrected chi connectivity index (χ4v) is 2.59. The van der Waals surface area contributed by atoms with E-state index in [0.29, 0.717) is 44.8 Å². The molecule has 0 amide bonds. The van der Waals surface area contributed by atoms with Gasteiger partial charge in [0.25, 0.3) is 0 Å². The van der Waals surface area contributed by atoms with Gasteiger partial charge in [-0.1, -0.05) is 122 Å². The molecule has 3 unspecified atom stereocenters. The van der Waals surface area contributed by atoms with E-state index in [1.54, 1.807) is 20.8 Å². The third-order valence-electron chi connectivity index (χ3n) is 6.26. The van der Waals surface area contributed by atoms with Crippen molar-refractivity contribution in [1.82, 2.24) is 0 Å². The molecule has 0 aliphatic heterocycles. The molecule has 0 heterocycles. The molecule has 0 aromatic heterocycles. The van der Waals surface area contributed by atoms with Crippen LogP contribution in [0, 0.1) is 11.8 Å². The van der Waals surface area contributed by atoms with Gasteiger partial charge in [-0.05, 0) is 64.5 Å². The summed E-state index contributed by atoms with van der Waals surface area (Å²) in [7, 11) is 0. The normalized spacial score (nSPS) is 10.2. The molecule has 13 N–H and O–H groups in total. The number of carbonyl (C=O) groups is 7. The highest BCUT2D eigenvalue weighted by Gasteiger charge is 2.19. The first-order chi connectivity index (χ1) is 28.7. The summed E-state index contributed by atoms with van der Waals surface area (Å²) in [6.45, 7) is 26.2. The average molecular weight is 909 g/mol. The Hall–Kier alpha value is -3.87. The first-order valence-electron chi connectivity index (χ1n) is 22.0. The summed E-state index contributed by atoms with van der Waals surface area (Å²) in [6.07, 6.45) is 12.3. The molecule has 0 bridgehead atoms. The Balaban J connectivity index is -0.0000000619. The minimum absolute atomic E-state index is 0.116. The molecular weight excluding hydrogens is 812 g/mol. The highest BCUT2D eigenvalue weighted by atomic mass is 16.4. The van der Waals surface area contributed by atoms with E-state index in [9.17, 15) is 33.6 Å². The first kappa shape index (κ1) is 81.9. The SMILES string of the molecule is CC(C)N.CCC(=O)O.CCC(C)O.CCC(CC(=O)O)C(=O)O.CCCC(=O)O.CCCC(CC(=O)O)C(=O)O.CCCCC.CCCCC(=O)O.CCCCN.CCCO. The van der Waals surface area contributed by atoms with Crippen LogP contribution in [0.3, 0.4) is 0 Å². The van der Waals surface area contributed by atoms with Gasteiger partial charge in [-0.2, -0.15) is 0 Å². The van der Waals surface area contributed by atoms with Crippen molar-refractivity contribution in [3.8, 4) is 0 Å². The molecule has 0 aliphatic carbocycles. The van der Waals surface area contributed by atoms with E-state index in [1.807, 2.05) is 48.5 Å². The highest BCUT2D eigenvalue weighted by Crippen LogP contribution is 2.11. The van der Waals surface area contributed by atoms with Crippen LogP contribution in [0.4, 0.5) is 0 Å². The second-order valence-corrected chi connectivity index (χ2v) is 13.6. The Bertz CT molecular complexity index is 935. The summed E-state index contributed by atoms with van der Waals surface area (Å²) in [5, 5.41) is 73.3. The number of aliphatic carboxylic acids is 7. The van der Waals surface area contributed by atoms with Crippen LogP contribution < -0.4 is 11.5 Å². The van der Waals surface area contributed by atoms with Crippen molar-refractivity contribution in [2.24, 2.45) is 23.3 Å². The lowest BCUT2D eigenvalue weighted by Gasteiger charge is -2.06. The number of hydrogen-bond donors (Lipinski definition) is 11. The maximum Gasteiger partial charge on any atom is 0.307 e. The lowest BCUT2D eigenvalue weighted by atomic mass is 10.0. The summed E-state index contributed by atoms with van der Waals surface area (Å²) in [5.74, 6) is -7.78. The zero-order valence-corrected chi connectivity index (χ0v) is 41.0. The van der Waals surface area contributed by atoms with Crippen LogP contribution in [-0.2, 0) is 33.6 Å². The highest BCUT2D eigenvalue weighted by molar-refractivity contribution is 5.78. The van der Waals surface area contributed by atoms with Crippen molar-refractivity contribution < 1.29 is 79.5 Å².